The number of nitrogens with zero attached hydrogens (tertiary/aromatic N) is 1. The summed E-state index contributed by atoms with van der Waals surface area (Å²) in [6.07, 6.45) is 0. The Kier molecular flexibility index (Phi) is 7.55. The normalized spacial score (nSPS) is 12.9. The standard InChI is InChI=1S/C55H39NO/c1-55(2)50-15-9-8-14-47(50)48-31-30-45(35-51(48)55)56(43-26-20-39(21-27-43)38-18-16-37(17-19-38)36-10-4-3-5-11-36)44-28-22-40(23-29-44)42-25-32-52-49(34-42)54-46-13-7-6-12-41(46)24-33-53(54)57-52/h3-35H,1-2H3. The van der Waals surface area contributed by atoms with Crippen molar-refractivity contribution in [3.63, 3.8) is 0 Å². The third kappa shape index (κ3) is 5.48. The molecule has 0 saturated heterocycles. The lowest BCUT2D eigenvalue weighted by Gasteiger charge is -2.28. The van der Waals surface area contributed by atoms with E-state index in [4.69, 9.17) is 4.42 Å². The maximum absolute atomic E-state index is 6.32. The first-order valence-corrected chi connectivity index (χ1v) is 19.7. The van der Waals surface area contributed by atoms with E-state index in [0.29, 0.717) is 0 Å². The number of anilines is 3. The van der Waals surface area contributed by atoms with Gasteiger partial charge in [0.15, 0.2) is 0 Å². The monoisotopic (exact) mass is 729 g/mol. The van der Waals surface area contributed by atoms with Crippen molar-refractivity contribution in [2.45, 2.75) is 19.3 Å². The van der Waals surface area contributed by atoms with Crippen LogP contribution in [0.4, 0.5) is 17.1 Å². The van der Waals surface area contributed by atoms with Crippen molar-refractivity contribution in [2.24, 2.45) is 0 Å². The Hall–Kier alpha value is -7.16. The molecular weight excluding hydrogens is 691 g/mol. The van der Waals surface area contributed by atoms with Gasteiger partial charge in [-0.15, -0.1) is 0 Å². The first-order valence-electron chi connectivity index (χ1n) is 19.7. The van der Waals surface area contributed by atoms with Gasteiger partial charge >= 0.3 is 0 Å². The van der Waals surface area contributed by atoms with Crippen LogP contribution in [-0.4, -0.2) is 0 Å². The van der Waals surface area contributed by atoms with Gasteiger partial charge in [0.1, 0.15) is 11.2 Å². The summed E-state index contributed by atoms with van der Waals surface area (Å²) >= 11 is 0. The molecule has 0 fully saturated rings. The average molecular weight is 730 g/mol. The molecule has 0 atom stereocenters. The zero-order chi connectivity index (χ0) is 38.1. The number of hydrogen-bond acceptors (Lipinski definition) is 2. The molecule has 0 bridgehead atoms. The molecule has 0 N–H and O–H groups in total. The van der Waals surface area contributed by atoms with Gasteiger partial charge in [0.05, 0.1) is 0 Å². The Bertz CT molecular complexity index is 3120. The SMILES string of the molecule is CC1(C)c2ccccc2-c2ccc(N(c3ccc(-c4ccc(-c5ccccc5)cc4)cc3)c3ccc(-c4ccc5oc6ccc7ccccc7c6c5c4)cc3)cc21. The van der Waals surface area contributed by atoms with Gasteiger partial charge in [-0.3, -0.25) is 0 Å². The van der Waals surface area contributed by atoms with E-state index in [1.54, 1.807) is 0 Å². The van der Waals surface area contributed by atoms with Crippen molar-refractivity contribution in [3.8, 4) is 44.5 Å². The number of furan rings is 1. The first kappa shape index (κ1) is 33.2. The van der Waals surface area contributed by atoms with Crippen molar-refractivity contribution in [3.05, 3.63) is 211 Å². The third-order valence-corrected chi connectivity index (χ3v) is 12.1. The molecule has 9 aromatic carbocycles. The molecule has 0 saturated carbocycles. The van der Waals surface area contributed by atoms with E-state index < -0.39 is 0 Å². The van der Waals surface area contributed by atoms with Gasteiger partial charge < -0.3 is 9.32 Å². The highest BCUT2D eigenvalue weighted by molar-refractivity contribution is 6.19. The Labute approximate surface area is 332 Å². The second-order valence-corrected chi connectivity index (χ2v) is 15.7. The summed E-state index contributed by atoms with van der Waals surface area (Å²) in [7, 11) is 0. The minimum Gasteiger partial charge on any atom is -0.456 e. The lowest BCUT2D eigenvalue weighted by Crippen LogP contribution is -2.16. The molecule has 10 aromatic rings. The van der Waals surface area contributed by atoms with Gasteiger partial charge in [0.25, 0.3) is 0 Å². The van der Waals surface area contributed by atoms with Crippen LogP contribution in [0.25, 0.3) is 77.2 Å². The molecule has 0 amide bonds. The van der Waals surface area contributed by atoms with Gasteiger partial charge in [-0.1, -0.05) is 159 Å². The van der Waals surface area contributed by atoms with Crippen molar-refractivity contribution in [2.75, 3.05) is 4.90 Å². The van der Waals surface area contributed by atoms with E-state index in [9.17, 15) is 0 Å². The zero-order valence-electron chi connectivity index (χ0n) is 31.9. The van der Waals surface area contributed by atoms with Crippen LogP contribution in [0.2, 0.25) is 0 Å². The van der Waals surface area contributed by atoms with Gasteiger partial charge in [0.2, 0.25) is 0 Å². The van der Waals surface area contributed by atoms with Crippen LogP contribution in [0.5, 0.6) is 0 Å². The second-order valence-electron chi connectivity index (χ2n) is 15.7. The Morgan fingerprint density at radius 2 is 0.895 bits per heavy atom. The fourth-order valence-electron chi connectivity index (χ4n) is 9.10. The quantitative estimate of drug-likeness (QED) is 0.169. The molecule has 1 aliphatic rings. The Morgan fingerprint density at radius 3 is 1.61 bits per heavy atom. The van der Waals surface area contributed by atoms with E-state index in [1.165, 1.54) is 60.7 Å². The van der Waals surface area contributed by atoms with Crippen LogP contribution in [0.3, 0.4) is 0 Å². The number of hydrogen-bond donors (Lipinski definition) is 0. The summed E-state index contributed by atoms with van der Waals surface area (Å²) in [5.41, 5.74) is 17.6. The van der Waals surface area contributed by atoms with Gasteiger partial charge in [0, 0.05) is 33.2 Å². The summed E-state index contributed by atoms with van der Waals surface area (Å²) in [4.78, 5) is 2.39. The molecule has 0 aliphatic heterocycles. The van der Waals surface area contributed by atoms with E-state index in [-0.39, 0.29) is 5.41 Å². The topological polar surface area (TPSA) is 16.4 Å². The summed E-state index contributed by atoms with van der Waals surface area (Å²) in [5, 5.41) is 4.75. The third-order valence-electron chi connectivity index (χ3n) is 12.1. The smallest absolute Gasteiger partial charge is 0.136 e. The summed E-state index contributed by atoms with van der Waals surface area (Å²) in [5.74, 6) is 0. The van der Waals surface area contributed by atoms with Crippen molar-refractivity contribution >= 4 is 49.8 Å². The Morgan fingerprint density at radius 1 is 0.368 bits per heavy atom. The van der Waals surface area contributed by atoms with Crippen molar-refractivity contribution in [1.29, 1.82) is 0 Å². The predicted octanol–water partition coefficient (Wildman–Crippen LogP) is 15.5. The lowest BCUT2D eigenvalue weighted by atomic mass is 9.82. The zero-order valence-corrected chi connectivity index (χ0v) is 31.9. The minimum atomic E-state index is -0.103. The number of fused-ring (bicyclic) bond motifs is 8. The maximum Gasteiger partial charge on any atom is 0.136 e. The van der Waals surface area contributed by atoms with E-state index >= 15 is 0 Å². The molecule has 270 valence electrons. The van der Waals surface area contributed by atoms with Crippen LogP contribution >= 0.6 is 0 Å². The van der Waals surface area contributed by atoms with Crippen LogP contribution in [0, 0.1) is 0 Å². The first-order chi connectivity index (χ1) is 28.0. The van der Waals surface area contributed by atoms with Crippen LogP contribution < -0.4 is 4.90 Å². The van der Waals surface area contributed by atoms with Gasteiger partial charge in [-0.25, -0.2) is 0 Å². The fourth-order valence-corrected chi connectivity index (χ4v) is 9.10. The van der Waals surface area contributed by atoms with Crippen molar-refractivity contribution in [1.82, 2.24) is 0 Å². The molecule has 57 heavy (non-hydrogen) atoms. The van der Waals surface area contributed by atoms with Crippen LogP contribution in [-0.2, 0) is 5.41 Å². The number of rotatable bonds is 6. The minimum absolute atomic E-state index is 0.103. The molecule has 0 radical (unpaired) electrons. The predicted molar refractivity (Wildman–Crippen MR) is 240 cm³/mol. The molecule has 2 heteroatoms. The second kappa shape index (κ2) is 13.0. The van der Waals surface area contributed by atoms with Gasteiger partial charge in [-0.05, 0) is 121 Å². The summed E-state index contributed by atoms with van der Waals surface area (Å²) in [6.45, 7) is 4.70. The van der Waals surface area contributed by atoms with E-state index in [1.807, 2.05) is 0 Å². The van der Waals surface area contributed by atoms with Gasteiger partial charge in [-0.2, -0.15) is 0 Å². The fraction of sp³-hybridized carbons (Fsp3) is 0.0545. The largest absolute Gasteiger partial charge is 0.456 e. The van der Waals surface area contributed by atoms with E-state index in [0.717, 1.165) is 44.7 Å². The number of benzene rings is 9. The molecule has 1 aromatic heterocycles. The highest BCUT2D eigenvalue weighted by atomic mass is 16.3. The van der Waals surface area contributed by atoms with Crippen LogP contribution in [0.15, 0.2) is 205 Å². The highest BCUT2D eigenvalue weighted by Gasteiger charge is 2.35. The molecule has 1 heterocycles. The molecule has 0 spiro atoms. The van der Waals surface area contributed by atoms with Crippen LogP contribution in [0.1, 0.15) is 25.0 Å². The maximum atomic E-state index is 6.32. The molecular formula is C55H39NO. The lowest BCUT2D eigenvalue weighted by molar-refractivity contribution is 0.660. The summed E-state index contributed by atoms with van der Waals surface area (Å²) in [6, 6.07) is 72.6. The highest BCUT2D eigenvalue weighted by Crippen LogP contribution is 2.51. The van der Waals surface area contributed by atoms with E-state index in [2.05, 4.69) is 219 Å². The molecule has 11 rings (SSSR count). The average Bonchev–Trinajstić information content (AvgIpc) is 3.76. The Balaban J connectivity index is 0.986. The van der Waals surface area contributed by atoms with Crippen molar-refractivity contribution < 1.29 is 4.42 Å². The molecule has 0 unspecified atom stereocenters. The molecule has 1 aliphatic carbocycles. The summed E-state index contributed by atoms with van der Waals surface area (Å²) < 4.78 is 6.32. The molecule has 2 nitrogen and oxygen atoms in total.